The molecule has 5 heteroatoms. The Hall–Kier alpha value is -3.21. The number of benzene rings is 2. The first-order valence-electron chi connectivity index (χ1n) is 10.0. The van der Waals surface area contributed by atoms with Gasteiger partial charge in [0.15, 0.2) is 0 Å². The van der Waals surface area contributed by atoms with Crippen LogP contribution >= 0.6 is 0 Å². The van der Waals surface area contributed by atoms with Gasteiger partial charge in [-0.05, 0) is 51.0 Å². The number of hydrogen-bond donors (Lipinski definition) is 0. The van der Waals surface area contributed by atoms with Gasteiger partial charge in [-0.25, -0.2) is 9.97 Å². The maximum Gasteiger partial charge on any atom is 0.277 e. The number of carbonyl (C=O) groups is 1. The van der Waals surface area contributed by atoms with Gasteiger partial charge in [-0.3, -0.25) is 4.79 Å². The average molecular weight is 389 g/mol. The quantitative estimate of drug-likeness (QED) is 0.584. The van der Waals surface area contributed by atoms with Gasteiger partial charge in [-0.2, -0.15) is 0 Å². The molecule has 0 radical (unpaired) electrons. The normalized spacial score (nSPS) is 10.6. The predicted molar refractivity (Wildman–Crippen MR) is 118 cm³/mol. The van der Waals surface area contributed by atoms with Crippen LogP contribution in [0.2, 0.25) is 0 Å². The van der Waals surface area contributed by atoms with Crippen LogP contribution < -0.4 is 9.80 Å². The van der Waals surface area contributed by atoms with Crippen molar-refractivity contribution in [3.8, 4) is 0 Å². The molecule has 0 aliphatic rings. The monoisotopic (exact) mass is 388 g/mol. The van der Waals surface area contributed by atoms with Crippen molar-refractivity contribution in [1.29, 1.82) is 0 Å². The SMILES string of the molecule is CCN(Cc1ccccc1)c1cc(C(=O)N(CC)c2cccc(C)c2)nc(C)n1. The molecule has 0 saturated carbocycles. The number of hydrogen-bond acceptors (Lipinski definition) is 4. The van der Waals surface area contributed by atoms with E-state index in [1.54, 1.807) is 11.0 Å². The van der Waals surface area contributed by atoms with E-state index in [1.165, 1.54) is 5.56 Å². The molecular weight excluding hydrogens is 360 g/mol. The first-order chi connectivity index (χ1) is 14.0. The molecule has 2 aromatic carbocycles. The van der Waals surface area contributed by atoms with Crippen molar-refractivity contribution in [2.45, 2.75) is 34.2 Å². The number of nitrogens with zero attached hydrogens (tertiary/aromatic N) is 4. The molecule has 0 saturated heterocycles. The molecule has 3 aromatic rings. The van der Waals surface area contributed by atoms with Gasteiger partial charge in [0.25, 0.3) is 5.91 Å². The van der Waals surface area contributed by atoms with Crippen LogP contribution in [0.5, 0.6) is 0 Å². The molecule has 1 aromatic heterocycles. The molecule has 5 nitrogen and oxygen atoms in total. The average Bonchev–Trinajstić information content (AvgIpc) is 2.73. The van der Waals surface area contributed by atoms with Crippen LogP contribution in [0.1, 0.15) is 41.3 Å². The minimum atomic E-state index is -0.111. The van der Waals surface area contributed by atoms with Crippen LogP contribution in [-0.4, -0.2) is 29.0 Å². The van der Waals surface area contributed by atoms with Crippen LogP contribution in [0.25, 0.3) is 0 Å². The van der Waals surface area contributed by atoms with Crippen molar-refractivity contribution in [1.82, 2.24) is 9.97 Å². The lowest BCUT2D eigenvalue weighted by Gasteiger charge is -2.24. The van der Waals surface area contributed by atoms with Crippen molar-refractivity contribution in [3.63, 3.8) is 0 Å². The predicted octanol–water partition coefficient (Wildman–Crippen LogP) is 4.79. The summed E-state index contributed by atoms with van der Waals surface area (Å²) in [5.74, 6) is 1.26. The molecule has 0 fully saturated rings. The second-order valence-corrected chi connectivity index (χ2v) is 7.05. The van der Waals surface area contributed by atoms with E-state index in [-0.39, 0.29) is 5.91 Å². The third-order valence-corrected chi connectivity index (χ3v) is 4.84. The Bertz CT molecular complexity index is 972. The van der Waals surface area contributed by atoms with E-state index in [2.05, 4.69) is 33.9 Å². The number of carbonyl (C=O) groups excluding carboxylic acids is 1. The Morgan fingerprint density at radius 1 is 0.897 bits per heavy atom. The summed E-state index contributed by atoms with van der Waals surface area (Å²) >= 11 is 0. The highest BCUT2D eigenvalue weighted by atomic mass is 16.2. The second kappa shape index (κ2) is 9.32. The van der Waals surface area contributed by atoms with Crippen LogP contribution in [0.3, 0.4) is 0 Å². The molecule has 0 spiro atoms. The minimum absolute atomic E-state index is 0.111. The number of aryl methyl sites for hydroxylation is 2. The van der Waals surface area contributed by atoms with E-state index < -0.39 is 0 Å². The van der Waals surface area contributed by atoms with Gasteiger partial charge < -0.3 is 9.80 Å². The van der Waals surface area contributed by atoms with Crippen LogP contribution in [0.15, 0.2) is 60.7 Å². The van der Waals surface area contributed by atoms with E-state index in [0.29, 0.717) is 18.1 Å². The van der Waals surface area contributed by atoms with Gasteiger partial charge in [-0.1, -0.05) is 42.5 Å². The zero-order valence-corrected chi connectivity index (χ0v) is 17.6. The fourth-order valence-corrected chi connectivity index (χ4v) is 3.36. The lowest BCUT2D eigenvalue weighted by molar-refractivity contribution is 0.0983. The Kier molecular flexibility index (Phi) is 6.60. The van der Waals surface area contributed by atoms with Crippen molar-refractivity contribution < 1.29 is 4.79 Å². The van der Waals surface area contributed by atoms with E-state index in [9.17, 15) is 4.79 Å². The highest BCUT2D eigenvalue weighted by molar-refractivity contribution is 6.05. The van der Waals surface area contributed by atoms with Gasteiger partial charge >= 0.3 is 0 Å². The molecular formula is C24H28N4O. The summed E-state index contributed by atoms with van der Waals surface area (Å²) in [6.45, 7) is 10.0. The number of aromatic nitrogens is 2. The van der Waals surface area contributed by atoms with Gasteiger partial charge in [0.2, 0.25) is 0 Å². The van der Waals surface area contributed by atoms with Crippen molar-refractivity contribution in [3.05, 3.63) is 83.3 Å². The molecule has 0 atom stereocenters. The Labute approximate surface area is 173 Å². The Morgan fingerprint density at radius 2 is 1.66 bits per heavy atom. The van der Waals surface area contributed by atoms with Gasteiger partial charge in [0.05, 0.1) is 0 Å². The molecule has 0 bridgehead atoms. The summed E-state index contributed by atoms with van der Waals surface area (Å²) < 4.78 is 0. The van der Waals surface area contributed by atoms with E-state index in [0.717, 1.165) is 30.2 Å². The lowest BCUT2D eigenvalue weighted by Crippen LogP contribution is -2.32. The largest absolute Gasteiger partial charge is 0.352 e. The first-order valence-corrected chi connectivity index (χ1v) is 10.0. The molecule has 0 aliphatic carbocycles. The lowest BCUT2D eigenvalue weighted by atomic mass is 10.2. The zero-order valence-electron chi connectivity index (χ0n) is 17.6. The number of rotatable bonds is 7. The third kappa shape index (κ3) is 4.99. The first kappa shape index (κ1) is 20.5. The molecule has 0 aliphatic heterocycles. The van der Waals surface area contributed by atoms with Crippen LogP contribution in [0, 0.1) is 13.8 Å². The van der Waals surface area contributed by atoms with Crippen LogP contribution in [-0.2, 0) is 6.54 Å². The van der Waals surface area contributed by atoms with Crippen molar-refractivity contribution >= 4 is 17.4 Å². The summed E-state index contributed by atoms with van der Waals surface area (Å²) in [6.07, 6.45) is 0. The standard InChI is InChI=1S/C24H28N4O/c1-5-27(17-20-12-8-7-9-13-20)23-16-22(25-19(4)26-23)24(29)28(6-2)21-14-10-11-18(3)15-21/h7-16H,5-6,17H2,1-4H3. The van der Waals surface area contributed by atoms with Gasteiger partial charge in [0.1, 0.15) is 17.3 Å². The molecule has 29 heavy (non-hydrogen) atoms. The summed E-state index contributed by atoms with van der Waals surface area (Å²) in [5.41, 5.74) is 3.62. The molecule has 0 unspecified atom stereocenters. The summed E-state index contributed by atoms with van der Waals surface area (Å²) in [4.78, 5) is 26.2. The van der Waals surface area contributed by atoms with E-state index in [4.69, 9.17) is 0 Å². The molecule has 150 valence electrons. The highest BCUT2D eigenvalue weighted by Gasteiger charge is 2.20. The molecule has 1 amide bonds. The fourth-order valence-electron chi connectivity index (χ4n) is 3.36. The smallest absolute Gasteiger partial charge is 0.277 e. The topological polar surface area (TPSA) is 49.3 Å². The van der Waals surface area contributed by atoms with Gasteiger partial charge in [-0.15, -0.1) is 0 Å². The van der Waals surface area contributed by atoms with Crippen molar-refractivity contribution in [2.75, 3.05) is 22.9 Å². The highest BCUT2D eigenvalue weighted by Crippen LogP contribution is 2.21. The van der Waals surface area contributed by atoms with Crippen molar-refractivity contribution in [2.24, 2.45) is 0 Å². The molecule has 1 heterocycles. The Morgan fingerprint density at radius 3 is 2.31 bits per heavy atom. The maximum absolute atomic E-state index is 13.3. The zero-order chi connectivity index (χ0) is 20.8. The fraction of sp³-hybridized carbons (Fsp3) is 0.292. The Balaban J connectivity index is 1.91. The maximum atomic E-state index is 13.3. The number of anilines is 2. The second-order valence-electron chi connectivity index (χ2n) is 7.05. The summed E-state index contributed by atoms with van der Waals surface area (Å²) in [7, 11) is 0. The van der Waals surface area contributed by atoms with Crippen LogP contribution in [0.4, 0.5) is 11.5 Å². The van der Waals surface area contributed by atoms with Gasteiger partial charge in [0, 0.05) is 31.4 Å². The third-order valence-electron chi connectivity index (χ3n) is 4.84. The van der Waals surface area contributed by atoms with E-state index >= 15 is 0 Å². The minimum Gasteiger partial charge on any atom is -0.352 e. The van der Waals surface area contributed by atoms with E-state index in [1.807, 2.05) is 63.2 Å². The summed E-state index contributed by atoms with van der Waals surface area (Å²) in [5, 5.41) is 0. The number of amides is 1. The molecule has 0 N–H and O–H groups in total. The molecule has 3 rings (SSSR count). The summed E-state index contributed by atoms with van der Waals surface area (Å²) in [6, 6.07) is 20.0.